The van der Waals surface area contributed by atoms with Crippen molar-refractivity contribution in [2.24, 2.45) is 0 Å². The lowest BCUT2D eigenvalue weighted by atomic mass is 9.98. The van der Waals surface area contributed by atoms with Gasteiger partial charge in [0, 0.05) is 26.4 Å². The first-order chi connectivity index (χ1) is 12.9. The van der Waals surface area contributed by atoms with Crippen LogP contribution >= 0.6 is 0 Å². The second-order valence-corrected chi connectivity index (χ2v) is 6.39. The second-order valence-electron chi connectivity index (χ2n) is 6.39. The number of hydrogen-bond donors (Lipinski definition) is 1. The molecule has 1 aromatic heterocycles. The summed E-state index contributed by atoms with van der Waals surface area (Å²) in [4.78, 5) is 28.8. The minimum Gasteiger partial charge on any atom is -0.478 e. The SMILES string of the molecule is CC(=O)OCc1ccc2c(-c3ccc(C(=O)O)cc3)ccc(N(C)C)c2n1. The zero-order valence-corrected chi connectivity index (χ0v) is 15.4. The number of rotatable bonds is 5. The molecule has 0 aliphatic carbocycles. The molecule has 0 bridgehead atoms. The van der Waals surface area contributed by atoms with Gasteiger partial charge in [-0.15, -0.1) is 0 Å². The van der Waals surface area contributed by atoms with Crippen LogP contribution in [0.3, 0.4) is 0 Å². The summed E-state index contributed by atoms with van der Waals surface area (Å²) in [6, 6.07) is 14.5. The van der Waals surface area contributed by atoms with E-state index in [1.165, 1.54) is 6.92 Å². The first-order valence-corrected chi connectivity index (χ1v) is 8.44. The highest BCUT2D eigenvalue weighted by molar-refractivity contribution is 6.01. The standard InChI is InChI=1S/C21H20N2O4/c1-13(24)27-12-16-8-9-18-17(10-11-19(23(2)3)20(18)22-16)14-4-6-15(7-5-14)21(25)26/h4-11H,12H2,1-3H3,(H,25,26). The van der Waals surface area contributed by atoms with E-state index in [9.17, 15) is 9.59 Å². The highest BCUT2D eigenvalue weighted by atomic mass is 16.5. The normalized spacial score (nSPS) is 10.6. The Morgan fingerprint density at radius 1 is 1.04 bits per heavy atom. The lowest BCUT2D eigenvalue weighted by Crippen LogP contribution is -2.10. The Morgan fingerprint density at radius 2 is 1.74 bits per heavy atom. The minimum absolute atomic E-state index is 0.121. The number of aromatic carboxylic acids is 1. The Hall–Kier alpha value is -3.41. The molecule has 0 radical (unpaired) electrons. The van der Waals surface area contributed by atoms with Gasteiger partial charge in [0.15, 0.2) is 0 Å². The average molecular weight is 364 g/mol. The second kappa shape index (κ2) is 7.45. The van der Waals surface area contributed by atoms with Crippen molar-refractivity contribution in [3.8, 4) is 11.1 Å². The Bertz CT molecular complexity index is 1010. The summed E-state index contributed by atoms with van der Waals surface area (Å²) in [6.07, 6.45) is 0. The number of anilines is 1. The van der Waals surface area contributed by atoms with Crippen molar-refractivity contribution in [2.45, 2.75) is 13.5 Å². The smallest absolute Gasteiger partial charge is 0.335 e. The van der Waals surface area contributed by atoms with E-state index in [1.54, 1.807) is 24.3 Å². The third-order valence-corrected chi connectivity index (χ3v) is 4.24. The molecule has 0 unspecified atom stereocenters. The van der Waals surface area contributed by atoms with Gasteiger partial charge in [-0.3, -0.25) is 4.79 Å². The van der Waals surface area contributed by atoms with Gasteiger partial charge in [-0.05, 0) is 35.4 Å². The molecule has 0 saturated carbocycles. The molecule has 3 rings (SSSR count). The summed E-state index contributed by atoms with van der Waals surface area (Å²) in [5.41, 5.74) is 4.52. The fraction of sp³-hybridized carbons (Fsp3) is 0.190. The lowest BCUT2D eigenvalue weighted by molar-refractivity contribution is -0.142. The number of carbonyl (C=O) groups excluding carboxylic acids is 1. The highest BCUT2D eigenvalue weighted by Gasteiger charge is 2.13. The van der Waals surface area contributed by atoms with E-state index in [0.717, 1.165) is 27.7 Å². The van der Waals surface area contributed by atoms with Crippen LogP contribution in [-0.4, -0.2) is 36.1 Å². The molecule has 6 nitrogen and oxygen atoms in total. The van der Waals surface area contributed by atoms with Gasteiger partial charge in [0.2, 0.25) is 0 Å². The average Bonchev–Trinajstić information content (AvgIpc) is 2.65. The van der Waals surface area contributed by atoms with Crippen LogP contribution in [0.5, 0.6) is 0 Å². The van der Waals surface area contributed by atoms with Crippen molar-refractivity contribution < 1.29 is 19.4 Å². The van der Waals surface area contributed by atoms with E-state index in [2.05, 4.69) is 4.98 Å². The third kappa shape index (κ3) is 3.89. The van der Waals surface area contributed by atoms with Crippen LogP contribution in [-0.2, 0) is 16.1 Å². The van der Waals surface area contributed by atoms with Crippen molar-refractivity contribution in [1.29, 1.82) is 0 Å². The van der Waals surface area contributed by atoms with Crippen molar-refractivity contribution in [1.82, 2.24) is 4.98 Å². The number of esters is 1. The van der Waals surface area contributed by atoms with Crippen molar-refractivity contribution >= 4 is 28.5 Å². The fourth-order valence-corrected chi connectivity index (χ4v) is 2.90. The van der Waals surface area contributed by atoms with E-state index in [1.807, 2.05) is 43.3 Å². The van der Waals surface area contributed by atoms with Gasteiger partial charge < -0.3 is 14.7 Å². The van der Waals surface area contributed by atoms with Gasteiger partial charge in [-0.2, -0.15) is 0 Å². The first kappa shape index (κ1) is 18.4. The molecule has 3 aromatic rings. The molecule has 0 fully saturated rings. The van der Waals surface area contributed by atoms with Crippen molar-refractivity contribution in [3.05, 3.63) is 59.8 Å². The Labute approximate surface area is 157 Å². The minimum atomic E-state index is -0.953. The number of carbonyl (C=O) groups is 2. The van der Waals surface area contributed by atoms with E-state index < -0.39 is 5.97 Å². The summed E-state index contributed by atoms with van der Waals surface area (Å²) < 4.78 is 5.06. The van der Waals surface area contributed by atoms with E-state index in [0.29, 0.717) is 5.69 Å². The van der Waals surface area contributed by atoms with Crippen LogP contribution in [0.2, 0.25) is 0 Å². The van der Waals surface area contributed by atoms with Gasteiger partial charge in [0.05, 0.1) is 22.5 Å². The number of hydrogen-bond acceptors (Lipinski definition) is 5. The van der Waals surface area contributed by atoms with Crippen LogP contribution in [0.25, 0.3) is 22.0 Å². The molecule has 1 N–H and O–H groups in total. The van der Waals surface area contributed by atoms with Crippen LogP contribution in [0, 0.1) is 0 Å². The summed E-state index contributed by atoms with van der Waals surface area (Å²) in [6.45, 7) is 1.49. The molecular formula is C21H20N2O4. The molecule has 0 saturated heterocycles. The van der Waals surface area contributed by atoms with E-state index in [-0.39, 0.29) is 18.1 Å². The van der Waals surface area contributed by atoms with Gasteiger partial charge >= 0.3 is 11.9 Å². The lowest BCUT2D eigenvalue weighted by Gasteiger charge is -2.18. The van der Waals surface area contributed by atoms with Gasteiger partial charge in [-0.1, -0.05) is 24.3 Å². The summed E-state index contributed by atoms with van der Waals surface area (Å²) in [7, 11) is 3.88. The van der Waals surface area contributed by atoms with E-state index in [4.69, 9.17) is 9.84 Å². The molecule has 2 aromatic carbocycles. The summed E-state index contributed by atoms with van der Waals surface area (Å²) in [5.74, 6) is -1.30. The monoisotopic (exact) mass is 364 g/mol. The number of nitrogens with zero attached hydrogens (tertiary/aromatic N) is 2. The Kier molecular flexibility index (Phi) is 5.07. The number of ether oxygens (including phenoxy) is 1. The van der Waals surface area contributed by atoms with Crippen LogP contribution in [0.1, 0.15) is 23.0 Å². The highest BCUT2D eigenvalue weighted by Crippen LogP contribution is 2.33. The number of aromatic nitrogens is 1. The van der Waals surface area contributed by atoms with Crippen LogP contribution in [0.4, 0.5) is 5.69 Å². The maximum atomic E-state index is 11.1. The molecule has 27 heavy (non-hydrogen) atoms. The van der Waals surface area contributed by atoms with Gasteiger partial charge in [-0.25, -0.2) is 9.78 Å². The molecule has 0 atom stereocenters. The zero-order chi connectivity index (χ0) is 19.6. The molecule has 1 heterocycles. The van der Waals surface area contributed by atoms with Crippen LogP contribution < -0.4 is 4.90 Å². The maximum absolute atomic E-state index is 11.1. The number of carboxylic acid groups (broad SMARTS) is 1. The molecule has 0 spiro atoms. The largest absolute Gasteiger partial charge is 0.478 e. The number of pyridine rings is 1. The maximum Gasteiger partial charge on any atom is 0.335 e. The predicted molar refractivity (Wildman–Crippen MR) is 104 cm³/mol. The predicted octanol–water partition coefficient (Wildman–Crippen LogP) is 3.73. The third-order valence-electron chi connectivity index (χ3n) is 4.24. The first-order valence-electron chi connectivity index (χ1n) is 8.44. The molecule has 0 aliphatic heterocycles. The summed E-state index contributed by atoms with van der Waals surface area (Å²) in [5, 5.41) is 10.0. The van der Waals surface area contributed by atoms with Gasteiger partial charge in [0.25, 0.3) is 0 Å². The molecule has 0 amide bonds. The number of benzene rings is 2. The number of carboxylic acids is 1. The summed E-state index contributed by atoms with van der Waals surface area (Å²) >= 11 is 0. The molecule has 0 aliphatic rings. The Morgan fingerprint density at radius 3 is 2.33 bits per heavy atom. The van der Waals surface area contributed by atoms with Crippen molar-refractivity contribution in [2.75, 3.05) is 19.0 Å². The fourth-order valence-electron chi connectivity index (χ4n) is 2.90. The number of fused-ring (bicyclic) bond motifs is 1. The van der Waals surface area contributed by atoms with Gasteiger partial charge in [0.1, 0.15) is 6.61 Å². The molecular weight excluding hydrogens is 344 g/mol. The van der Waals surface area contributed by atoms with Crippen molar-refractivity contribution in [3.63, 3.8) is 0 Å². The quantitative estimate of drug-likeness (QED) is 0.695. The zero-order valence-electron chi connectivity index (χ0n) is 15.4. The Balaban J connectivity index is 2.12. The molecule has 6 heteroatoms. The molecule has 138 valence electrons. The van der Waals surface area contributed by atoms with Crippen LogP contribution in [0.15, 0.2) is 48.5 Å². The topological polar surface area (TPSA) is 79.7 Å². The van der Waals surface area contributed by atoms with E-state index >= 15 is 0 Å².